The van der Waals surface area contributed by atoms with Crippen LogP contribution in [0, 0.1) is 0 Å². The molecule has 0 saturated heterocycles. The summed E-state index contributed by atoms with van der Waals surface area (Å²) in [5.41, 5.74) is 2.36. The first-order valence-electron chi connectivity index (χ1n) is 4.58. The molecule has 0 amide bonds. The number of benzene rings is 1. The van der Waals surface area contributed by atoms with E-state index in [0.717, 1.165) is 18.6 Å². The van der Waals surface area contributed by atoms with Crippen molar-refractivity contribution < 1.29 is 4.74 Å². The molecular formula is C11H15ClO. The van der Waals surface area contributed by atoms with Crippen LogP contribution in [0.5, 0.6) is 0 Å². The Hall–Kier alpha value is -0.530. The summed E-state index contributed by atoms with van der Waals surface area (Å²) >= 11 is 5.67. The molecule has 0 heterocycles. The van der Waals surface area contributed by atoms with Crippen molar-refractivity contribution in [1.82, 2.24) is 0 Å². The van der Waals surface area contributed by atoms with Crippen molar-refractivity contribution in [2.75, 3.05) is 6.61 Å². The average Bonchev–Trinajstić information content (AvgIpc) is 2.19. The molecule has 1 rings (SSSR count). The van der Waals surface area contributed by atoms with Crippen molar-refractivity contribution in [2.24, 2.45) is 0 Å². The zero-order valence-electron chi connectivity index (χ0n) is 7.92. The fraction of sp³-hybridized carbons (Fsp3) is 0.455. The Labute approximate surface area is 84.7 Å². The molecule has 1 aromatic rings. The minimum Gasteiger partial charge on any atom is -0.377 e. The molecule has 13 heavy (non-hydrogen) atoms. The van der Waals surface area contributed by atoms with E-state index in [4.69, 9.17) is 16.3 Å². The molecular weight excluding hydrogens is 184 g/mol. The van der Waals surface area contributed by atoms with Gasteiger partial charge in [-0.15, -0.1) is 11.6 Å². The number of hydrogen-bond acceptors (Lipinski definition) is 1. The summed E-state index contributed by atoms with van der Waals surface area (Å²) in [4.78, 5) is 0. The maximum Gasteiger partial charge on any atom is 0.0716 e. The van der Waals surface area contributed by atoms with Crippen LogP contribution in [0.1, 0.15) is 24.5 Å². The maximum absolute atomic E-state index is 5.67. The van der Waals surface area contributed by atoms with Gasteiger partial charge >= 0.3 is 0 Å². The molecule has 0 unspecified atom stereocenters. The van der Waals surface area contributed by atoms with Gasteiger partial charge in [-0.25, -0.2) is 0 Å². The quantitative estimate of drug-likeness (QED) is 0.521. The highest BCUT2D eigenvalue weighted by Gasteiger charge is 1.93. The molecule has 2 heteroatoms. The molecule has 0 bridgehead atoms. The van der Waals surface area contributed by atoms with Crippen LogP contribution in [0.25, 0.3) is 0 Å². The lowest BCUT2D eigenvalue weighted by Crippen LogP contribution is -1.93. The van der Waals surface area contributed by atoms with Gasteiger partial charge in [0, 0.05) is 12.5 Å². The Morgan fingerprint density at radius 1 is 1.15 bits per heavy atom. The Morgan fingerprint density at radius 3 is 2.31 bits per heavy atom. The van der Waals surface area contributed by atoms with Crippen molar-refractivity contribution >= 4 is 11.6 Å². The zero-order valence-corrected chi connectivity index (χ0v) is 8.68. The van der Waals surface area contributed by atoms with Crippen molar-refractivity contribution in [2.45, 2.75) is 25.8 Å². The Bertz CT molecular complexity index is 230. The monoisotopic (exact) mass is 198 g/mol. The van der Waals surface area contributed by atoms with Gasteiger partial charge in [-0.05, 0) is 17.5 Å². The third-order valence-electron chi connectivity index (χ3n) is 1.79. The summed E-state index contributed by atoms with van der Waals surface area (Å²) in [6.45, 7) is 3.64. The highest BCUT2D eigenvalue weighted by atomic mass is 35.5. The molecule has 0 N–H and O–H groups in total. The Kier molecular flexibility index (Phi) is 4.87. The minimum absolute atomic E-state index is 0.579. The first kappa shape index (κ1) is 10.6. The SMILES string of the molecule is CCCOCc1ccc(CCl)cc1. The highest BCUT2D eigenvalue weighted by molar-refractivity contribution is 6.17. The van der Waals surface area contributed by atoms with Gasteiger partial charge in [0.25, 0.3) is 0 Å². The molecule has 0 aliphatic heterocycles. The van der Waals surface area contributed by atoms with E-state index in [-0.39, 0.29) is 0 Å². The fourth-order valence-corrected chi connectivity index (χ4v) is 1.24. The average molecular weight is 199 g/mol. The second-order valence-corrected chi connectivity index (χ2v) is 3.27. The highest BCUT2D eigenvalue weighted by Crippen LogP contribution is 2.07. The van der Waals surface area contributed by atoms with E-state index in [2.05, 4.69) is 19.1 Å². The van der Waals surface area contributed by atoms with Gasteiger partial charge in [-0.1, -0.05) is 31.2 Å². The maximum atomic E-state index is 5.67. The van der Waals surface area contributed by atoms with E-state index in [9.17, 15) is 0 Å². The van der Waals surface area contributed by atoms with Crippen LogP contribution in [-0.4, -0.2) is 6.61 Å². The first-order chi connectivity index (χ1) is 6.36. The smallest absolute Gasteiger partial charge is 0.0716 e. The molecule has 0 atom stereocenters. The second kappa shape index (κ2) is 6.01. The van der Waals surface area contributed by atoms with Crippen molar-refractivity contribution in [3.63, 3.8) is 0 Å². The van der Waals surface area contributed by atoms with Crippen molar-refractivity contribution in [3.05, 3.63) is 35.4 Å². The number of rotatable bonds is 5. The van der Waals surface area contributed by atoms with E-state index >= 15 is 0 Å². The van der Waals surface area contributed by atoms with Crippen molar-refractivity contribution in [1.29, 1.82) is 0 Å². The van der Waals surface area contributed by atoms with Gasteiger partial charge in [0.1, 0.15) is 0 Å². The van der Waals surface area contributed by atoms with Crippen LogP contribution < -0.4 is 0 Å². The molecule has 0 spiro atoms. The predicted molar refractivity (Wildman–Crippen MR) is 55.9 cm³/mol. The van der Waals surface area contributed by atoms with Gasteiger partial charge in [-0.3, -0.25) is 0 Å². The number of ether oxygens (including phenoxy) is 1. The molecule has 72 valence electrons. The molecule has 0 aliphatic carbocycles. The largest absolute Gasteiger partial charge is 0.377 e. The summed E-state index contributed by atoms with van der Waals surface area (Å²) in [7, 11) is 0. The summed E-state index contributed by atoms with van der Waals surface area (Å²) in [5, 5.41) is 0. The summed E-state index contributed by atoms with van der Waals surface area (Å²) < 4.78 is 5.41. The summed E-state index contributed by atoms with van der Waals surface area (Å²) in [6, 6.07) is 8.20. The van der Waals surface area contributed by atoms with E-state index in [1.165, 1.54) is 5.56 Å². The van der Waals surface area contributed by atoms with E-state index in [1.807, 2.05) is 12.1 Å². The predicted octanol–water partition coefficient (Wildman–Crippen LogP) is 3.35. The molecule has 0 aliphatic rings. The standard InChI is InChI=1S/C11H15ClO/c1-2-7-13-9-11-5-3-10(8-12)4-6-11/h3-6H,2,7-9H2,1H3. The number of hydrogen-bond donors (Lipinski definition) is 0. The normalized spacial score (nSPS) is 10.3. The van der Waals surface area contributed by atoms with Gasteiger partial charge in [-0.2, -0.15) is 0 Å². The van der Waals surface area contributed by atoms with E-state index < -0.39 is 0 Å². The third-order valence-corrected chi connectivity index (χ3v) is 2.10. The summed E-state index contributed by atoms with van der Waals surface area (Å²) in [5.74, 6) is 0.579. The molecule has 0 radical (unpaired) electrons. The van der Waals surface area contributed by atoms with Gasteiger partial charge in [0.05, 0.1) is 6.61 Å². The number of alkyl halides is 1. The Morgan fingerprint density at radius 2 is 1.77 bits per heavy atom. The number of halogens is 1. The van der Waals surface area contributed by atoms with Gasteiger partial charge in [0.2, 0.25) is 0 Å². The minimum atomic E-state index is 0.579. The molecule has 1 nitrogen and oxygen atoms in total. The van der Waals surface area contributed by atoms with Gasteiger partial charge < -0.3 is 4.74 Å². The Balaban J connectivity index is 2.40. The van der Waals surface area contributed by atoms with Gasteiger partial charge in [0.15, 0.2) is 0 Å². The fourth-order valence-electron chi connectivity index (χ4n) is 1.06. The topological polar surface area (TPSA) is 9.23 Å². The lowest BCUT2D eigenvalue weighted by molar-refractivity contribution is 0.121. The second-order valence-electron chi connectivity index (χ2n) is 3.00. The molecule has 0 fully saturated rings. The summed E-state index contributed by atoms with van der Waals surface area (Å²) in [6.07, 6.45) is 1.07. The third kappa shape index (κ3) is 3.79. The molecule has 0 aromatic heterocycles. The lowest BCUT2D eigenvalue weighted by Gasteiger charge is -2.03. The zero-order chi connectivity index (χ0) is 9.52. The van der Waals surface area contributed by atoms with Crippen LogP contribution in [0.15, 0.2) is 24.3 Å². The van der Waals surface area contributed by atoms with Crippen molar-refractivity contribution in [3.8, 4) is 0 Å². The van der Waals surface area contributed by atoms with E-state index in [1.54, 1.807) is 0 Å². The van der Waals surface area contributed by atoms with Crippen LogP contribution in [-0.2, 0) is 17.2 Å². The lowest BCUT2D eigenvalue weighted by atomic mass is 10.2. The first-order valence-corrected chi connectivity index (χ1v) is 5.11. The molecule has 0 saturated carbocycles. The van der Waals surface area contributed by atoms with E-state index in [0.29, 0.717) is 12.5 Å². The van der Waals surface area contributed by atoms with Crippen LogP contribution in [0.3, 0.4) is 0 Å². The molecule has 1 aromatic carbocycles. The van der Waals surface area contributed by atoms with Crippen LogP contribution >= 0.6 is 11.6 Å². The van der Waals surface area contributed by atoms with Crippen LogP contribution in [0.2, 0.25) is 0 Å². The van der Waals surface area contributed by atoms with Crippen LogP contribution in [0.4, 0.5) is 0 Å².